The van der Waals surface area contributed by atoms with Gasteiger partial charge in [-0.25, -0.2) is 9.18 Å². The Morgan fingerprint density at radius 2 is 1.81 bits per heavy atom. The minimum Gasteiger partial charge on any atom is -0.494 e. The molecular weight excluding hydrogens is 510 g/mol. The molecule has 4 N–H and O–H groups in total. The standard InChI is InChI=1S/C25H33FN4O4.2ClH/c1-4-32-19-14-20(22(26)21(15-19)34-18-10-12-30(3)13-11-18)23(25(31)33-5-2)29-17-8-6-16(7-9-17)24(27)28;;/h6-9,14-15,18,23,29H,4-5,10-13H2,1-3H3,(H3,27,28);2*1H. The van der Waals surface area contributed by atoms with Crippen molar-refractivity contribution in [2.75, 3.05) is 38.7 Å². The minimum absolute atomic E-state index is 0. The maximum atomic E-state index is 15.8. The summed E-state index contributed by atoms with van der Waals surface area (Å²) < 4.78 is 32.7. The summed E-state index contributed by atoms with van der Waals surface area (Å²) in [6.07, 6.45) is 1.45. The van der Waals surface area contributed by atoms with Gasteiger partial charge in [0, 0.05) is 36.0 Å². The van der Waals surface area contributed by atoms with Crippen LogP contribution in [0.3, 0.4) is 0 Å². The van der Waals surface area contributed by atoms with Gasteiger partial charge in [0.05, 0.1) is 13.2 Å². The van der Waals surface area contributed by atoms with E-state index in [1.807, 2.05) is 14.0 Å². The Balaban J connectivity index is 0.00000324. The number of halogens is 3. The number of nitrogen functional groups attached to an aromatic ring is 1. The van der Waals surface area contributed by atoms with Crippen molar-refractivity contribution < 1.29 is 23.4 Å². The van der Waals surface area contributed by atoms with E-state index >= 15 is 4.39 Å². The first kappa shape index (κ1) is 31.3. The smallest absolute Gasteiger partial charge is 0.333 e. The third-order valence-electron chi connectivity index (χ3n) is 5.65. The van der Waals surface area contributed by atoms with E-state index < -0.39 is 17.8 Å². The Bertz CT molecular complexity index is 1000. The van der Waals surface area contributed by atoms with Gasteiger partial charge in [-0.3, -0.25) is 5.41 Å². The van der Waals surface area contributed by atoms with E-state index in [1.165, 1.54) is 12.1 Å². The maximum Gasteiger partial charge on any atom is 0.333 e. The quantitative estimate of drug-likeness (QED) is 0.229. The lowest BCUT2D eigenvalue weighted by Gasteiger charge is -2.30. The number of nitrogens with zero attached hydrogens (tertiary/aromatic N) is 1. The number of nitrogens with one attached hydrogen (secondary N) is 2. The first-order valence-electron chi connectivity index (χ1n) is 11.5. The number of esters is 1. The Kier molecular flexibility index (Phi) is 12.8. The second-order valence-corrected chi connectivity index (χ2v) is 8.20. The van der Waals surface area contributed by atoms with Crippen LogP contribution in [-0.4, -0.2) is 56.2 Å². The third kappa shape index (κ3) is 8.15. The third-order valence-corrected chi connectivity index (χ3v) is 5.65. The molecular formula is C25H35Cl2FN4O4. The number of carbonyl (C=O) groups is 1. The lowest BCUT2D eigenvalue weighted by atomic mass is 10.0. The van der Waals surface area contributed by atoms with Crippen molar-refractivity contribution in [2.24, 2.45) is 5.73 Å². The second-order valence-electron chi connectivity index (χ2n) is 8.20. The van der Waals surface area contributed by atoms with Crippen LogP contribution in [0.5, 0.6) is 11.5 Å². The maximum absolute atomic E-state index is 15.8. The number of rotatable bonds is 10. The van der Waals surface area contributed by atoms with Crippen molar-refractivity contribution in [3.63, 3.8) is 0 Å². The minimum atomic E-state index is -1.14. The number of likely N-dealkylation sites (tertiary alicyclic amines) is 1. The van der Waals surface area contributed by atoms with Crippen molar-refractivity contribution >= 4 is 42.3 Å². The molecule has 0 aromatic heterocycles. The molecule has 0 aliphatic carbocycles. The lowest BCUT2D eigenvalue weighted by molar-refractivity contribution is -0.144. The zero-order valence-electron chi connectivity index (χ0n) is 20.7. The highest BCUT2D eigenvalue weighted by Crippen LogP contribution is 2.35. The molecule has 0 spiro atoms. The summed E-state index contributed by atoms with van der Waals surface area (Å²) in [4.78, 5) is 15.1. The highest BCUT2D eigenvalue weighted by Gasteiger charge is 2.29. The van der Waals surface area contributed by atoms with E-state index in [1.54, 1.807) is 31.2 Å². The predicted octanol–water partition coefficient (Wildman–Crippen LogP) is 4.54. The highest BCUT2D eigenvalue weighted by molar-refractivity contribution is 5.95. The molecule has 1 unspecified atom stereocenters. The largest absolute Gasteiger partial charge is 0.494 e. The first-order valence-corrected chi connectivity index (χ1v) is 11.5. The SMILES string of the molecule is CCOC(=O)C(Nc1ccc(C(=N)N)cc1)c1cc(OCC)cc(OC2CCN(C)CC2)c1F.Cl.Cl. The van der Waals surface area contributed by atoms with E-state index in [0.29, 0.717) is 23.6 Å². The zero-order chi connectivity index (χ0) is 24.7. The van der Waals surface area contributed by atoms with Gasteiger partial charge in [-0.1, -0.05) is 0 Å². The number of hydrogen-bond acceptors (Lipinski definition) is 7. The molecule has 1 heterocycles. The topological polar surface area (TPSA) is 110 Å². The van der Waals surface area contributed by atoms with Gasteiger partial charge in [-0.15, -0.1) is 24.8 Å². The molecule has 2 aromatic rings. The van der Waals surface area contributed by atoms with E-state index in [0.717, 1.165) is 25.9 Å². The second kappa shape index (κ2) is 14.7. The van der Waals surface area contributed by atoms with Crippen LogP contribution in [0.2, 0.25) is 0 Å². The van der Waals surface area contributed by atoms with Crippen LogP contribution in [0.1, 0.15) is 43.9 Å². The summed E-state index contributed by atoms with van der Waals surface area (Å²) in [7, 11) is 2.04. The molecule has 0 amide bonds. The summed E-state index contributed by atoms with van der Waals surface area (Å²) in [6.45, 7) is 5.78. The molecule has 0 bridgehead atoms. The van der Waals surface area contributed by atoms with Crippen molar-refractivity contribution in [3.05, 3.63) is 53.3 Å². The van der Waals surface area contributed by atoms with Crippen molar-refractivity contribution in [1.29, 1.82) is 5.41 Å². The van der Waals surface area contributed by atoms with Crippen LogP contribution in [0.25, 0.3) is 0 Å². The van der Waals surface area contributed by atoms with Crippen LogP contribution in [0.4, 0.5) is 10.1 Å². The van der Waals surface area contributed by atoms with Crippen LogP contribution in [0, 0.1) is 11.2 Å². The fraction of sp³-hybridized carbons (Fsp3) is 0.440. The molecule has 1 aliphatic heterocycles. The van der Waals surface area contributed by atoms with Gasteiger partial charge in [0.15, 0.2) is 17.6 Å². The monoisotopic (exact) mass is 544 g/mol. The summed E-state index contributed by atoms with van der Waals surface area (Å²) in [5, 5.41) is 10.6. The molecule has 0 radical (unpaired) electrons. The molecule has 8 nitrogen and oxygen atoms in total. The van der Waals surface area contributed by atoms with Crippen LogP contribution in [-0.2, 0) is 9.53 Å². The van der Waals surface area contributed by atoms with Gasteiger partial charge >= 0.3 is 5.97 Å². The number of ether oxygens (including phenoxy) is 3. The van der Waals surface area contributed by atoms with Gasteiger partial charge in [0.1, 0.15) is 17.7 Å². The molecule has 0 saturated carbocycles. The predicted molar refractivity (Wildman–Crippen MR) is 144 cm³/mol. The fourth-order valence-electron chi connectivity index (χ4n) is 3.82. The Morgan fingerprint density at radius 3 is 2.36 bits per heavy atom. The van der Waals surface area contributed by atoms with Crippen molar-refractivity contribution in [1.82, 2.24) is 4.90 Å². The number of carbonyl (C=O) groups excluding carboxylic acids is 1. The van der Waals surface area contributed by atoms with Gasteiger partial charge in [-0.2, -0.15) is 0 Å². The molecule has 1 atom stereocenters. The van der Waals surface area contributed by atoms with Gasteiger partial charge in [0.2, 0.25) is 0 Å². The molecule has 200 valence electrons. The summed E-state index contributed by atoms with van der Waals surface area (Å²) in [6, 6.07) is 8.53. The molecule has 1 aliphatic rings. The van der Waals surface area contributed by atoms with Crippen molar-refractivity contribution in [3.8, 4) is 11.5 Å². The van der Waals surface area contributed by atoms with Gasteiger partial charge < -0.3 is 30.2 Å². The number of amidine groups is 1. The summed E-state index contributed by atoms with van der Waals surface area (Å²) >= 11 is 0. The van der Waals surface area contributed by atoms with Crippen LogP contribution < -0.4 is 20.5 Å². The Labute approximate surface area is 224 Å². The van der Waals surface area contributed by atoms with Crippen molar-refractivity contribution in [2.45, 2.75) is 38.8 Å². The van der Waals surface area contributed by atoms with Crippen LogP contribution in [0.15, 0.2) is 36.4 Å². The number of benzene rings is 2. The molecule has 1 fully saturated rings. The van der Waals surface area contributed by atoms with Crippen LogP contribution >= 0.6 is 24.8 Å². The first-order chi connectivity index (χ1) is 16.3. The fourth-order valence-corrected chi connectivity index (χ4v) is 3.82. The summed E-state index contributed by atoms with van der Waals surface area (Å²) in [5.41, 5.74) is 6.67. The van der Waals surface area contributed by atoms with Gasteiger partial charge in [-0.05, 0) is 64.1 Å². The van der Waals surface area contributed by atoms with E-state index in [2.05, 4.69) is 10.2 Å². The van der Waals surface area contributed by atoms with E-state index in [9.17, 15) is 4.79 Å². The number of anilines is 1. The Hall–Kier alpha value is -2.75. The number of piperidine rings is 1. The molecule has 11 heteroatoms. The highest BCUT2D eigenvalue weighted by atomic mass is 35.5. The zero-order valence-corrected chi connectivity index (χ0v) is 22.3. The normalized spacial score (nSPS) is 14.6. The molecule has 2 aromatic carbocycles. The molecule has 3 rings (SSSR count). The van der Waals surface area contributed by atoms with Gasteiger partial charge in [0.25, 0.3) is 0 Å². The van der Waals surface area contributed by atoms with E-state index in [-0.39, 0.29) is 54.7 Å². The van der Waals surface area contributed by atoms with E-state index in [4.69, 9.17) is 25.4 Å². The average molecular weight is 545 g/mol. The molecule has 1 saturated heterocycles. The molecule has 36 heavy (non-hydrogen) atoms. The lowest BCUT2D eigenvalue weighted by Crippen LogP contribution is -2.36. The average Bonchev–Trinajstić information content (AvgIpc) is 2.81. The number of hydrogen-bond donors (Lipinski definition) is 3. The number of nitrogens with two attached hydrogens (primary N) is 1. The Morgan fingerprint density at radius 1 is 1.17 bits per heavy atom. The summed E-state index contributed by atoms with van der Waals surface area (Å²) in [5.74, 6) is -0.868.